The van der Waals surface area contributed by atoms with Crippen molar-refractivity contribution in [1.29, 1.82) is 0 Å². The highest BCUT2D eigenvalue weighted by atomic mass is 32.1. The molecule has 6 nitrogen and oxygen atoms in total. The van der Waals surface area contributed by atoms with E-state index in [0.717, 1.165) is 15.6 Å². The zero-order valence-corrected chi connectivity index (χ0v) is 15.7. The van der Waals surface area contributed by atoms with Crippen molar-refractivity contribution < 1.29 is 23.1 Å². The van der Waals surface area contributed by atoms with E-state index >= 15 is 0 Å². The SMILES string of the molecule is Cn1cc(C2=C(c3csc4cc5ooc5cc34)C(=O)NC2=O)c2cc(F)ccc21. The van der Waals surface area contributed by atoms with Crippen LogP contribution in [-0.2, 0) is 16.6 Å². The van der Waals surface area contributed by atoms with Crippen molar-refractivity contribution in [3.8, 4) is 0 Å². The molecule has 0 unspecified atom stereocenters. The molecule has 0 fully saturated rings. The zero-order chi connectivity index (χ0) is 19.9. The first-order chi connectivity index (χ1) is 14.0. The van der Waals surface area contributed by atoms with Crippen LogP contribution in [0.2, 0.25) is 0 Å². The maximum Gasteiger partial charge on any atom is 0.259 e. The molecule has 1 N–H and O–H groups in total. The summed E-state index contributed by atoms with van der Waals surface area (Å²) in [6.45, 7) is 0. The van der Waals surface area contributed by atoms with Crippen LogP contribution in [0.4, 0.5) is 4.39 Å². The van der Waals surface area contributed by atoms with Gasteiger partial charge in [-0.1, -0.05) is 0 Å². The Balaban J connectivity index is 1.69. The van der Waals surface area contributed by atoms with Gasteiger partial charge in [0.15, 0.2) is 0 Å². The number of aromatic nitrogens is 1. The monoisotopic (exact) mass is 406 g/mol. The molecule has 0 saturated heterocycles. The highest BCUT2D eigenvalue weighted by molar-refractivity contribution is 7.17. The molecule has 2 aromatic carbocycles. The summed E-state index contributed by atoms with van der Waals surface area (Å²) in [6.07, 6.45) is 1.75. The van der Waals surface area contributed by atoms with Crippen molar-refractivity contribution in [3.05, 3.63) is 58.9 Å². The number of thiophene rings is 1. The fourth-order valence-corrected chi connectivity index (χ4v) is 4.91. The number of rotatable bonds is 2. The normalized spacial score (nSPS) is 14.8. The van der Waals surface area contributed by atoms with E-state index in [1.807, 2.05) is 23.1 Å². The molecule has 0 aliphatic carbocycles. The third kappa shape index (κ3) is 2.14. The van der Waals surface area contributed by atoms with Gasteiger partial charge in [0.25, 0.3) is 11.8 Å². The van der Waals surface area contributed by atoms with E-state index < -0.39 is 17.6 Å². The van der Waals surface area contributed by atoms with Crippen LogP contribution in [0.1, 0.15) is 11.1 Å². The second kappa shape index (κ2) is 5.45. The van der Waals surface area contributed by atoms with E-state index in [1.54, 1.807) is 18.3 Å². The maximum atomic E-state index is 13.9. The van der Waals surface area contributed by atoms with E-state index in [2.05, 4.69) is 5.32 Å². The lowest BCUT2D eigenvalue weighted by atomic mass is 9.95. The van der Waals surface area contributed by atoms with Gasteiger partial charge in [-0.05, 0) is 24.3 Å². The molecule has 8 heteroatoms. The van der Waals surface area contributed by atoms with Crippen LogP contribution in [0, 0.1) is 5.82 Å². The number of nitrogens with one attached hydrogen (secondary N) is 1. The number of hydrogen-bond donors (Lipinski definition) is 1. The third-order valence-corrected chi connectivity index (χ3v) is 6.23. The molecule has 0 spiro atoms. The second-order valence-electron chi connectivity index (χ2n) is 6.96. The standard InChI is InChI=1S/C21H11FN2O4S/c1-24-7-12(10-4-9(22)2-3-14(10)24)18-19(21(26)23-20(18)25)13-8-29-17-6-16-15(27-28-16)5-11(13)17/h2-8H,1H3,(H,23,25,26). The zero-order valence-electron chi connectivity index (χ0n) is 14.9. The van der Waals surface area contributed by atoms with Gasteiger partial charge in [-0.25, -0.2) is 4.39 Å². The minimum Gasteiger partial charge on any atom is -0.350 e. The van der Waals surface area contributed by atoms with Gasteiger partial charge >= 0.3 is 0 Å². The fourth-order valence-electron chi connectivity index (χ4n) is 3.95. The average Bonchev–Trinajstić information content (AvgIpc) is 3.29. The van der Waals surface area contributed by atoms with Crippen molar-refractivity contribution >= 4 is 66.5 Å². The number of carbonyl (C=O) groups excluding carboxylic acids is 2. The lowest BCUT2D eigenvalue weighted by molar-refractivity contribution is -0.122. The lowest BCUT2D eigenvalue weighted by Gasteiger charge is -2.04. The van der Waals surface area contributed by atoms with Crippen LogP contribution in [0.5, 0.6) is 0 Å². The first-order valence-electron chi connectivity index (χ1n) is 8.76. The molecular weight excluding hydrogens is 395 g/mol. The van der Waals surface area contributed by atoms with E-state index in [1.165, 1.54) is 23.5 Å². The summed E-state index contributed by atoms with van der Waals surface area (Å²) in [5, 5.41) is 5.59. The van der Waals surface area contributed by atoms with Gasteiger partial charge in [-0.15, -0.1) is 11.3 Å². The summed E-state index contributed by atoms with van der Waals surface area (Å²) in [6, 6.07) is 8.03. The molecule has 5 aromatic rings. The highest BCUT2D eigenvalue weighted by Gasteiger charge is 2.35. The Morgan fingerprint density at radius 2 is 1.69 bits per heavy atom. The number of halogens is 1. The van der Waals surface area contributed by atoms with Crippen molar-refractivity contribution in [2.75, 3.05) is 0 Å². The molecule has 0 bridgehead atoms. The Morgan fingerprint density at radius 3 is 2.45 bits per heavy atom. The van der Waals surface area contributed by atoms with Gasteiger partial charge in [0.2, 0.25) is 11.2 Å². The van der Waals surface area contributed by atoms with Gasteiger partial charge in [0.05, 0.1) is 11.1 Å². The Kier molecular flexibility index (Phi) is 3.07. The Labute approximate surface area is 165 Å². The molecule has 1 aliphatic rings. The van der Waals surface area contributed by atoms with Crippen LogP contribution in [-0.4, -0.2) is 16.4 Å². The number of nitrogens with zero attached hydrogens (tertiary/aromatic N) is 1. The van der Waals surface area contributed by atoms with Gasteiger partial charge in [-0.3, -0.25) is 24.1 Å². The predicted octanol–water partition coefficient (Wildman–Crippen LogP) is 4.44. The average molecular weight is 406 g/mol. The van der Waals surface area contributed by atoms with E-state index in [-0.39, 0.29) is 11.1 Å². The van der Waals surface area contributed by atoms with Crippen LogP contribution in [0.3, 0.4) is 0 Å². The number of fused-ring (bicyclic) bond motifs is 3. The fraction of sp³-hybridized carbons (Fsp3) is 0.0476. The molecular formula is C21H11FN2O4S. The predicted molar refractivity (Wildman–Crippen MR) is 107 cm³/mol. The number of hydrogen-bond acceptors (Lipinski definition) is 5. The third-order valence-electron chi connectivity index (χ3n) is 5.28. The minimum absolute atomic E-state index is 0.241. The Morgan fingerprint density at radius 1 is 0.966 bits per heavy atom. The molecule has 0 radical (unpaired) electrons. The van der Waals surface area contributed by atoms with Gasteiger partial charge in [0, 0.05) is 56.8 Å². The number of carbonyl (C=O) groups is 2. The topological polar surface area (TPSA) is 77.4 Å². The molecule has 2 amide bonds. The first kappa shape index (κ1) is 16.3. The van der Waals surface area contributed by atoms with Crippen LogP contribution >= 0.6 is 11.3 Å². The number of aryl methyl sites for hydroxylation is 1. The van der Waals surface area contributed by atoms with E-state index in [9.17, 15) is 14.0 Å². The molecule has 3 aromatic heterocycles. The summed E-state index contributed by atoms with van der Waals surface area (Å²) >= 11 is 1.44. The molecule has 29 heavy (non-hydrogen) atoms. The summed E-state index contributed by atoms with van der Waals surface area (Å²) in [4.78, 5) is 25.5. The Bertz CT molecular complexity index is 1550. The molecule has 4 heterocycles. The molecule has 1 aliphatic heterocycles. The summed E-state index contributed by atoms with van der Waals surface area (Å²) in [7, 11) is 1.82. The maximum absolute atomic E-state index is 13.9. The number of benzene rings is 2. The van der Waals surface area contributed by atoms with Crippen molar-refractivity contribution in [2.45, 2.75) is 0 Å². The summed E-state index contributed by atoms with van der Waals surface area (Å²) < 4.78 is 26.6. The van der Waals surface area contributed by atoms with Crippen molar-refractivity contribution in [3.63, 3.8) is 0 Å². The highest BCUT2D eigenvalue weighted by Crippen LogP contribution is 2.41. The smallest absolute Gasteiger partial charge is 0.259 e. The summed E-state index contributed by atoms with van der Waals surface area (Å²) in [5.41, 5.74) is 3.65. The molecule has 0 saturated carbocycles. The van der Waals surface area contributed by atoms with Gasteiger partial charge in [0.1, 0.15) is 5.82 Å². The van der Waals surface area contributed by atoms with E-state index in [0.29, 0.717) is 27.7 Å². The van der Waals surface area contributed by atoms with Crippen molar-refractivity contribution in [1.82, 2.24) is 9.88 Å². The largest absolute Gasteiger partial charge is 0.350 e. The van der Waals surface area contributed by atoms with Crippen LogP contribution < -0.4 is 5.32 Å². The van der Waals surface area contributed by atoms with E-state index in [4.69, 9.17) is 9.15 Å². The Hall–Kier alpha value is -3.65. The molecule has 142 valence electrons. The van der Waals surface area contributed by atoms with Crippen LogP contribution in [0.25, 0.3) is 43.3 Å². The molecule has 6 rings (SSSR count). The lowest BCUT2D eigenvalue weighted by Crippen LogP contribution is -2.22. The minimum atomic E-state index is -0.496. The summed E-state index contributed by atoms with van der Waals surface area (Å²) in [5.74, 6) is -1.38. The molecule has 0 atom stereocenters. The van der Waals surface area contributed by atoms with Crippen LogP contribution in [0.15, 0.2) is 51.1 Å². The number of amides is 2. The number of imide groups is 1. The second-order valence-corrected chi connectivity index (χ2v) is 7.87. The van der Waals surface area contributed by atoms with Crippen molar-refractivity contribution in [2.24, 2.45) is 7.05 Å². The first-order valence-corrected chi connectivity index (χ1v) is 9.64. The quantitative estimate of drug-likeness (QED) is 0.347. The van der Waals surface area contributed by atoms with Gasteiger partial charge < -0.3 is 4.57 Å². The van der Waals surface area contributed by atoms with Gasteiger partial charge in [-0.2, -0.15) is 0 Å².